The van der Waals surface area contributed by atoms with Gasteiger partial charge < -0.3 is 14.6 Å². The van der Waals surface area contributed by atoms with Crippen molar-refractivity contribution < 1.29 is 24.2 Å². The number of amides is 1. The number of aromatic carboxylic acids is 1. The second-order valence-electron chi connectivity index (χ2n) is 6.71. The Morgan fingerprint density at radius 3 is 2.71 bits per heavy atom. The van der Waals surface area contributed by atoms with Crippen molar-refractivity contribution in [3.63, 3.8) is 0 Å². The highest BCUT2D eigenvalue weighted by Gasteiger charge is 2.29. The van der Waals surface area contributed by atoms with Crippen LogP contribution in [0.2, 0.25) is 5.02 Å². The first-order valence-corrected chi connectivity index (χ1v) is 10.6. The largest absolute Gasteiger partial charge is 0.493 e. The van der Waals surface area contributed by atoms with Crippen LogP contribution in [0.1, 0.15) is 36.2 Å². The normalized spacial score (nSPS) is 14.7. The number of carboxylic acid groups (broad SMARTS) is 1. The summed E-state index contributed by atoms with van der Waals surface area (Å²) in [6.07, 6.45) is 2.56. The molecular formula is C22H20BrClN2O5. The number of carboxylic acids is 1. The molecule has 1 amide bonds. The highest BCUT2D eigenvalue weighted by molar-refractivity contribution is 9.10. The molecule has 9 heteroatoms. The second-order valence-corrected chi connectivity index (χ2v) is 7.97. The Labute approximate surface area is 193 Å². The molecule has 162 valence electrons. The standard InChI is InChI=1S/C22H20BrClN2O5/c1-4-7-31-20-17(23)9-13(10-19(20)30-3)8-15-12(2)25-26(21(15)27)14-5-6-18(24)16(11-14)22(28)29/h5-6,8-11H,4,7H2,1-3H3,(H,28,29)/b15-8-. The predicted octanol–water partition coefficient (Wildman–Crippen LogP) is 5.40. The minimum absolute atomic E-state index is 0.0849. The molecule has 0 saturated heterocycles. The van der Waals surface area contributed by atoms with Gasteiger partial charge in [0.2, 0.25) is 0 Å². The van der Waals surface area contributed by atoms with Crippen LogP contribution < -0.4 is 14.5 Å². The Morgan fingerprint density at radius 1 is 1.32 bits per heavy atom. The minimum atomic E-state index is -1.18. The lowest BCUT2D eigenvalue weighted by Gasteiger charge is -2.14. The van der Waals surface area contributed by atoms with E-state index in [-0.39, 0.29) is 16.5 Å². The average molecular weight is 508 g/mol. The van der Waals surface area contributed by atoms with Crippen molar-refractivity contribution in [1.29, 1.82) is 0 Å². The zero-order valence-corrected chi connectivity index (χ0v) is 19.5. The van der Waals surface area contributed by atoms with Crippen molar-refractivity contribution >= 4 is 56.9 Å². The molecule has 3 rings (SSSR count). The Kier molecular flexibility index (Phi) is 7.02. The molecule has 1 aliphatic rings. The molecule has 0 saturated carbocycles. The summed E-state index contributed by atoms with van der Waals surface area (Å²) in [7, 11) is 1.55. The van der Waals surface area contributed by atoms with Crippen LogP contribution in [0.3, 0.4) is 0 Å². The van der Waals surface area contributed by atoms with E-state index in [0.29, 0.717) is 39.6 Å². The number of hydrogen-bond acceptors (Lipinski definition) is 5. The molecule has 0 aliphatic carbocycles. The van der Waals surface area contributed by atoms with E-state index in [1.54, 1.807) is 32.2 Å². The number of rotatable bonds is 7. The van der Waals surface area contributed by atoms with Gasteiger partial charge in [0.15, 0.2) is 11.5 Å². The van der Waals surface area contributed by atoms with Gasteiger partial charge in [-0.1, -0.05) is 18.5 Å². The summed E-state index contributed by atoms with van der Waals surface area (Å²) in [6.45, 7) is 4.27. The third-order valence-electron chi connectivity index (χ3n) is 4.50. The number of methoxy groups -OCH3 is 1. The summed E-state index contributed by atoms with van der Waals surface area (Å²) in [4.78, 5) is 24.4. The van der Waals surface area contributed by atoms with Gasteiger partial charge in [0.1, 0.15) is 0 Å². The molecule has 2 aromatic carbocycles. The number of ether oxygens (including phenoxy) is 2. The molecule has 31 heavy (non-hydrogen) atoms. The Morgan fingerprint density at radius 2 is 2.06 bits per heavy atom. The molecular weight excluding hydrogens is 488 g/mol. The van der Waals surface area contributed by atoms with Crippen molar-refractivity contribution in [1.82, 2.24) is 0 Å². The van der Waals surface area contributed by atoms with E-state index < -0.39 is 5.97 Å². The number of hydrogen-bond donors (Lipinski definition) is 1. The van der Waals surface area contributed by atoms with Crippen LogP contribution in [-0.4, -0.2) is 36.4 Å². The number of carbonyl (C=O) groups excluding carboxylic acids is 1. The number of halogens is 2. The van der Waals surface area contributed by atoms with E-state index in [1.165, 1.54) is 12.1 Å². The van der Waals surface area contributed by atoms with Gasteiger partial charge in [-0.15, -0.1) is 0 Å². The topological polar surface area (TPSA) is 88.4 Å². The number of hydrazone groups is 1. The summed E-state index contributed by atoms with van der Waals surface area (Å²) in [5, 5.41) is 14.8. The number of carbonyl (C=O) groups is 2. The van der Waals surface area contributed by atoms with Crippen LogP contribution in [0.15, 0.2) is 45.5 Å². The predicted molar refractivity (Wildman–Crippen MR) is 123 cm³/mol. The SMILES string of the molecule is CCCOc1c(Br)cc(/C=C2\C(=O)N(c3ccc(Cl)c(C(=O)O)c3)N=C2C)cc1OC. The lowest BCUT2D eigenvalue weighted by Crippen LogP contribution is -2.21. The Balaban J connectivity index is 1.96. The van der Waals surface area contributed by atoms with Crippen molar-refractivity contribution in [3.05, 3.63) is 56.5 Å². The van der Waals surface area contributed by atoms with Crippen molar-refractivity contribution in [2.24, 2.45) is 5.10 Å². The second kappa shape index (κ2) is 9.53. The molecule has 2 aromatic rings. The van der Waals surface area contributed by atoms with Gasteiger partial charge >= 0.3 is 5.97 Å². The highest BCUT2D eigenvalue weighted by atomic mass is 79.9. The molecule has 0 fully saturated rings. The summed E-state index contributed by atoms with van der Waals surface area (Å²) in [5.41, 5.74) is 1.81. The summed E-state index contributed by atoms with van der Waals surface area (Å²) in [6, 6.07) is 7.90. The molecule has 0 unspecified atom stereocenters. The Bertz CT molecular complexity index is 1110. The minimum Gasteiger partial charge on any atom is -0.493 e. The van der Waals surface area contributed by atoms with Gasteiger partial charge in [-0.25, -0.2) is 4.79 Å². The van der Waals surface area contributed by atoms with Crippen molar-refractivity contribution in [2.75, 3.05) is 18.7 Å². The monoisotopic (exact) mass is 506 g/mol. The van der Waals surface area contributed by atoms with Crippen LogP contribution in [0.5, 0.6) is 11.5 Å². The van der Waals surface area contributed by atoms with E-state index in [2.05, 4.69) is 21.0 Å². The zero-order chi connectivity index (χ0) is 22.7. The first kappa shape index (κ1) is 22.8. The summed E-state index contributed by atoms with van der Waals surface area (Å²) in [5.74, 6) is -0.427. The van der Waals surface area contributed by atoms with Gasteiger partial charge in [0, 0.05) is 0 Å². The first-order valence-electron chi connectivity index (χ1n) is 9.41. The average Bonchev–Trinajstić information content (AvgIpc) is 3.01. The molecule has 0 spiro atoms. The maximum absolute atomic E-state index is 13.0. The molecule has 0 atom stereocenters. The van der Waals surface area contributed by atoms with E-state index in [0.717, 1.165) is 17.0 Å². The lowest BCUT2D eigenvalue weighted by molar-refractivity contribution is -0.114. The van der Waals surface area contributed by atoms with Crippen LogP contribution in [0, 0.1) is 0 Å². The van der Waals surface area contributed by atoms with Crippen molar-refractivity contribution in [2.45, 2.75) is 20.3 Å². The smallest absolute Gasteiger partial charge is 0.337 e. The highest BCUT2D eigenvalue weighted by Crippen LogP contribution is 2.38. The molecule has 1 aliphatic heterocycles. The fourth-order valence-electron chi connectivity index (χ4n) is 3.00. The third kappa shape index (κ3) is 4.75. The number of nitrogens with zero attached hydrogens (tertiary/aromatic N) is 2. The molecule has 1 heterocycles. The number of benzene rings is 2. The fraction of sp³-hybridized carbons (Fsp3) is 0.227. The summed E-state index contributed by atoms with van der Waals surface area (Å²) < 4.78 is 11.9. The molecule has 0 bridgehead atoms. The van der Waals surface area contributed by atoms with Crippen LogP contribution >= 0.6 is 27.5 Å². The quantitative estimate of drug-likeness (QED) is 0.507. The van der Waals surface area contributed by atoms with Gasteiger partial charge in [0.05, 0.1) is 45.7 Å². The van der Waals surface area contributed by atoms with Crippen molar-refractivity contribution in [3.8, 4) is 11.5 Å². The molecule has 1 N–H and O–H groups in total. The van der Waals surface area contributed by atoms with Gasteiger partial charge in [-0.05, 0) is 71.2 Å². The van der Waals surface area contributed by atoms with Gasteiger partial charge in [-0.2, -0.15) is 10.1 Å². The molecule has 0 radical (unpaired) electrons. The molecule has 0 aromatic heterocycles. The fourth-order valence-corrected chi connectivity index (χ4v) is 3.77. The van der Waals surface area contributed by atoms with Crippen LogP contribution in [0.25, 0.3) is 6.08 Å². The summed E-state index contributed by atoms with van der Waals surface area (Å²) >= 11 is 9.43. The Hall–Kier alpha value is -2.84. The van der Waals surface area contributed by atoms with Gasteiger partial charge in [-0.3, -0.25) is 4.79 Å². The first-order chi connectivity index (χ1) is 14.8. The van der Waals surface area contributed by atoms with E-state index in [1.807, 2.05) is 13.0 Å². The van der Waals surface area contributed by atoms with E-state index >= 15 is 0 Å². The third-order valence-corrected chi connectivity index (χ3v) is 5.42. The lowest BCUT2D eigenvalue weighted by atomic mass is 10.1. The van der Waals surface area contributed by atoms with E-state index in [4.69, 9.17) is 21.1 Å². The van der Waals surface area contributed by atoms with Crippen LogP contribution in [-0.2, 0) is 4.79 Å². The maximum Gasteiger partial charge on any atom is 0.337 e. The maximum atomic E-state index is 13.0. The number of anilines is 1. The molecule has 7 nitrogen and oxygen atoms in total. The van der Waals surface area contributed by atoms with Gasteiger partial charge in [0.25, 0.3) is 5.91 Å². The van der Waals surface area contributed by atoms with E-state index in [9.17, 15) is 14.7 Å². The zero-order valence-electron chi connectivity index (χ0n) is 17.1. The van der Waals surface area contributed by atoms with Crippen LogP contribution in [0.4, 0.5) is 5.69 Å².